The van der Waals surface area contributed by atoms with Crippen molar-refractivity contribution in [3.05, 3.63) is 35.4 Å². The Hall–Kier alpha value is -0.840. The predicted molar refractivity (Wildman–Crippen MR) is 127 cm³/mol. The lowest BCUT2D eigenvalue weighted by Gasteiger charge is -2.30. The molecule has 0 aromatic heterocycles. The Morgan fingerprint density at radius 1 is 1.30 bits per heavy atom. The second-order valence-electron chi connectivity index (χ2n) is 8.08. The summed E-state index contributed by atoms with van der Waals surface area (Å²) in [6, 6.07) is 5.89. The minimum absolute atomic E-state index is 0. The molecule has 2 N–H and O–H groups in total. The van der Waals surface area contributed by atoms with E-state index in [1.807, 2.05) is 6.92 Å². The first kappa shape index (κ1) is 25.4. The zero-order chi connectivity index (χ0) is 21.1. The minimum Gasteiger partial charge on any atom is -0.356 e. The number of alkyl halides is 3. The van der Waals surface area contributed by atoms with E-state index in [1.165, 1.54) is 12.1 Å². The second-order valence-corrected chi connectivity index (χ2v) is 10.1. The fourth-order valence-corrected chi connectivity index (χ4v) is 5.48. The molecule has 1 aromatic rings. The van der Waals surface area contributed by atoms with Crippen LogP contribution in [0, 0.1) is 0 Å². The Morgan fingerprint density at radius 2 is 2.03 bits per heavy atom. The van der Waals surface area contributed by atoms with E-state index >= 15 is 0 Å². The fraction of sp³-hybridized carbons (Fsp3) is 0.667. The highest BCUT2D eigenvalue weighted by molar-refractivity contribution is 14.0. The van der Waals surface area contributed by atoms with Crippen LogP contribution in [0.1, 0.15) is 56.6 Å². The number of nitrogens with zero attached hydrogens (tertiary/aromatic N) is 1. The highest BCUT2D eigenvalue weighted by Gasteiger charge is 2.45. The van der Waals surface area contributed by atoms with Gasteiger partial charge in [0, 0.05) is 46.9 Å². The zero-order valence-electron chi connectivity index (χ0n) is 17.4. The van der Waals surface area contributed by atoms with Crippen molar-refractivity contribution in [1.29, 1.82) is 0 Å². The van der Waals surface area contributed by atoms with Crippen LogP contribution in [0.15, 0.2) is 29.3 Å². The van der Waals surface area contributed by atoms with Crippen LogP contribution in [0.5, 0.6) is 0 Å². The maximum atomic E-state index is 13.1. The van der Waals surface area contributed by atoms with E-state index in [0.29, 0.717) is 18.3 Å². The van der Waals surface area contributed by atoms with Gasteiger partial charge in [0.25, 0.3) is 0 Å². The minimum atomic E-state index is -4.33. The Balaban J connectivity index is 0.00000320. The fourth-order valence-electron chi connectivity index (χ4n) is 4.14. The first-order valence-corrected chi connectivity index (χ1v) is 11.7. The molecule has 1 aromatic carbocycles. The van der Waals surface area contributed by atoms with E-state index in [9.17, 15) is 17.4 Å². The molecular weight excluding hydrogens is 526 g/mol. The van der Waals surface area contributed by atoms with Crippen LogP contribution in [-0.4, -0.2) is 40.8 Å². The molecule has 4 nitrogen and oxygen atoms in total. The van der Waals surface area contributed by atoms with Gasteiger partial charge in [0.2, 0.25) is 0 Å². The molecule has 2 aliphatic carbocycles. The van der Waals surface area contributed by atoms with Gasteiger partial charge in [-0.3, -0.25) is 9.20 Å². The lowest BCUT2D eigenvalue weighted by Crippen LogP contribution is -2.48. The molecule has 9 heteroatoms. The summed E-state index contributed by atoms with van der Waals surface area (Å²) in [6.45, 7) is 2.50. The maximum Gasteiger partial charge on any atom is 0.416 e. The number of benzene rings is 1. The molecule has 0 aliphatic heterocycles. The van der Waals surface area contributed by atoms with Crippen molar-refractivity contribution in [2.45, 2.75) is 68.3 Å². The van der Waals surface area contributed by atoms with Crippen LogP contribution in [0.25, 0.3) is 0 Å². The summed E-state index contributed by atoms with van der Waals surface area (Å²) >= 11 is 0. The van der Waals surface area contributed by atoms with Crippen molar-refractivity contribution >= 4 is 40.7 Å². The molecule has 3 unspecified atom stereocenters. The lowest BCUT2D eigenvalue weighted by molar-refractivity contribution is -0.137. The SMILES string of the molecule is CCS(=O)C1CCCC(NC(=NC)NCC2(c3cccc(C(F)(F)F)c3)CC2)C1.I. The van der Waals surface area contributed by atoms with Gasteiger partial charge in [0.15, 0.2) is 5.96 Å². The largest absolute Gasteiger partial charge is 0.416 e. The average molecular weight is 557 g/mol. The number of guanidine groups is 1. The van der Waals surface area contributed by atoms with Crippen molar-refractivity contribution in [2.75, 3.05) is 19.3 Å². The van der Waals surface area contributed by atoms with Crippen LogP contribution in [0.4, 0.5) is 13.2 Å². The highest BCUT2D eigenvalue weighted by atomic mass is 127. The van der Waals surface area contributed by atoms with Gasteiger partial charge in [-0.05, 0) is 43.7 Å². The molecule has 3 atom stereocenters. The summed E-state index contributed by atoms with van der Waals surface area (Å²) in [7, 11) is 0.913. The van der Waals surface area contributed by atoms with E-state index in [4.69, 9.17) is 0 Å². The van der Waals surface area contributed by atoms with Crippen molar-refractivity contribution in [1.82, 2.24) is 10.6 Å². The Bertz CT molecular complexity index is 768. The van der Waals surface area contributed by atoms with Gasteiger partial charge in [-0.25, -0.2) is 0 Å². The highest BCUT2D eigenvalue weighted by Crippen LogP contribution is 2.48. The third kappa shape index (κ3) is 6.34. The van der Waals surface area contributed by atoms with E-state index < -0.39 is 22.5 Å². The number of rotatable bonds is 6. The molecule has 0 saturated heterocycles. The molecule has 0 spiro atoms. The van der Waals surface area contributed by atoms with Crippen LogP contribution in [0.2, 0.25) is 0 Å². The predicted octanol–water partition coefficient (Wildman–Crippen LogP) is 4.60. The van der Waals surface area contributed by atoms with E-state index in [-0.39, 0.29) is 40.7 Å². The van der Waals surface area contributed by atoms with Crippen molar-refractivity contribution < 1.29 is 17.4 Å². The lowest BCUT2D eigenvalue weighted by atomic mass is 9.94. The zero-order valence-corrected chi connectivity index (χ0v) is 20.6. The van der Waals surface area contributed by atoms with Gasteiger partial charge in [0.1, 0.15) is 0 Å². The molecule has 0 heterocycles. The first-order valence-electron chi connectivity index (χ1n) is 10.3. The molecule has 0 radical (unpaired) electrons. The molecular formula is C21H31F3IN3OS. The molecule has 2 fully saturated rings. The monoisotopic (exact) mass is 557 g/mol. The number of aliphatic imine (C=N–C) groups is 1. The van der Waals surface area contributed by atoms with Crippen LogP contribution < -0.4 is 10.6 Å². The number of nitrogens with one attached hydrogen (secondary N) is 2. The Morgan fingerprint density at radius 3 is 2.63 bits per heavy atom. The standard InChI is InChI=1S/C21H30F3N3OS.HI/c1-3-29(28)18-9-5-8-17(13-18)27-19(25-2)26-14-20(10-11-20)15-6-4-7-16(12-15)21(22,23)24;/h4,6-7,12,17-18H,3,5,8-11,13-14H2,1-2H3,(H2,25,26,27);1H. The van der Waals surface area contributed by atoms with Gasteiger partial charge in [-0.2, -0.15) is 13.2 Å². The molecule has 0 bridgehead atoms. The maximum absolute atomic E-state index is 13.1. The summed E-state index contributed by atoms with van der Waals surface area (Å²) in [5, 5.41) is 6.97. The quantitative estimate of drug-likeness (QED) is 0.306. The molecule has 0 amide bonds. The van der Waals surface area contributed by atoms with Crippen molar-refractivity contribution in [3.8, 4) is 0 Å². The molecule has 170 valence electrons. The van der Waals surface area contributed by atoms with Crippen LogP contribution >= 0.6 is 24.0 Å². The smallest absolute Gasteiger partial charge is 0.356 e. The van der Waals surface area contributed by atoms with Gasteiger partial charge >= 0.3 is 6.18 Å². The molecule has 30 heavy (non-hydrogen) atoms. The van der Waals surface area contributed by atoms with Crippen molar-refractivity contribution in [2.24, 2.45) is 4.99 Å². The molecule has 3 rings (SSSR count). The average Bonchev–Trinajstić information content (AvgIpc) is 3.51. The van der Waals surface area contributed by atoms with Gasteiger partial charge in [0.05, 0.1) is 5.56 Å². The third-order valence-electron chi connectivity index (χ3n) is 6.10. The summed E-state index contributed by atoms with van der Waals surface area (Å²) in [6.07, 6.45) is 1.31. The van der Waals surface area contributed by atoms with E-state index in [1.54, 1.807) is 13.1 Å². The second kappa shape index (κ2) is 10.7. The molecule has 2 saturated carbocycles. The Labute approximate surface area is 196 Å². The summed E-state index contributed by atoms with van der Waals surface area (Å²) in [5.74, 6) is 1.35. The van der Waals surface area contributed by atoms with Gasteiger partial charge in [-0.1, -0.05) is 31.5 Å². The molecule has 2 aliphatic rings. The topological polar surface area (TPSA) is 53.5 Å². The summed E-state index contributed by atoms with van der Waals surface area (Å²) < 4.78 is 51.3. The van der Waals surface area contributed by atoms with Crippen LogP contribution in [0.3, 0.4) is 0 Å². The van der Waals surface area contributed by atoms with Crippen LogP contribution in [-0.2, 0) is 22.4 Å². The normalized spacial score (nSPS) is 24.5. The first-order chi connectivity index (χ1) is 13.8. The van der Waals surface area contributed by atoms with Gasteiger partial charge < -0.3 is 10.6 Å². The number of halogens is 4. The summed E-state index contributed by atoms with van der Waals surface area (Å²) in [5.41, 5.74) is -0.134. The summed E-state index contributed by atoms with van der Waals surface area (Å²) in [4.78, 5) is 4.29. The number of hydrogen-bond donors (Lipinski definition) is 2. The van der Waals surface area contributed by atoms with E-state index in [2.05, 4.69) is 15.6 Å². The van der Waals surface area contributed by atoms with Gasteiger partial charge in [-0.15, -0.1) is 24.0 Å². The third-order valence-corrected chi connectivity index (χ3v) is 7.84. The van der Waals surface area contributed by atoms with Crippen molar-refractivity contribution in [3.63, 3.8) is 0 Å². The van der Waals surface area contributed by atoms with E-state index in [0.717, 1.165) is 50.2 Å². The number of hydrogen-bond acceptors (Lipinski definition) is 2. The Kier molecular flexibility index (Phi) is 9.03.